The Morgan fingerprint density at radius 1 is 0.926 bits per heavy atom. The molecule has 0 radical (unpaired) electrons. The molecule has 0 unspecified atom stereocenters. The maximum atomic E-state index is 11.2. The third kappa shape index (κ3) is 4.89. The van der Waals surface area contributed by atoms with Crippen molar-refractivity contribution < 1.29 is 9.53 Å². The Hall–Kier alpha value is -1.43. The van der Waals surface area contributed by atoms with Crippen molar-refractivity contribution in [2.24, 2.45) is 5.73 Å². The number of rotatable bonds is 6. The van der Waals surface area contributed by atoms with Crippen molar-refractivity contribution >= 4 is 5.91 Å². The van der Waals surface area contributed by atoms with Gasteiger partial charge in [-0.3, -0.25) is 9.69 Å². The Labute approximate surface area is 162 Å². The fraction of sp³-hybridized carbons (Fsp3) is 0.682. The molecule has 5 nitrogen and oxygen atoms in total. The van der Waals surface area contributed by atoms with Gasteiger partial charge in [0.1, 0.15) is 0 Å². The van der Waals surface area contributed by atoms with Crippen LogP contribution < -0.4 is 5.73 Å². The molecule has 0 bridgehead atoms. The lowest BCUT2D eigenvalue weighted by molar-refractivity contribution is -0.0726. The number of nitrogens with zero attached hydrogens (tertiary/aromatic N) is 2. The minimum Gasteiger partial charge on any atom is -0.375 e. The van der Waals surface area contributed by atoms with Gasteiger partial charge in [-0.1, -0.05) is 18.6 Å². The monoisotopic (exact) mass is 371 g/mol. The summed E-state index contributed by atoms with van der Waals surface area (Å²) in [6.07, 6.45) is 9.83. The molecule has 2 saturated heterocycles. The molecular formula is C22H33N3O2. The summed E-state index contributed by atoms with van der Waals surface area (Å²) in [6, 6.07) is 8.55. The average molecular weight is 372 g/mol. The zero-order valence-electron chi connectivity index (χ0n) is 16.3. The van der Waals surface area contributed by atoms with Gasteiger partial charge in [0.15, 0.2) is 0 Å². The van der Waals surface area contributed by atoms with Gasteiger partial charge < -0.3 is 15.4 Å². The lowest BCUT2D eigenvalue weighted by Gasteiger charge is -2.42. The number of carbonyl (C=O) groups is 1. The zero-order valence-corrected chi connectivity index (χ0v) is 16.3. The van der Waals surface area contributed by atoms with Crippen molar-refractivity contribution in [1.82, 2.24) is 9.80 Å². The van der Waals surface area contributed by atoms with E-state index in [-0.39, 0.29) is 5.91 Å². The van der Waals surface area contributed by atoms with Crippen molar-refractivity contribution in [1.29, 1.82) is 0 Å². The number of likely N-dealkylation sites (tertiary alicyclic amines) is 2. The fourth-order valence-corrected chi connectivity index (χ4v) is 4.64. The van der Waals surface area contributed by atoms with E-state index in [1.165, 1.54) is 50.8 Å². The van der Waals surface area contributed by atoms with Gasteiger partial charge in [0.05, 0.1) is 12.2 Å². The normalized spacial score (nSPS) is 24.0. The van der Waals surface area contributed by atoms with Crippen LogP contribution in [0.1, 0.15) is 60.9 Å². The first-order chi connectivity index (χ1) is 13.2. The van der Waals surface area contributed by atoms with E-state index < -0.39 is 0 Å². The number of benzene rings is 1. The predicted octanol–water partition coefficient (Wildman–Crippen LogP) is 2.78. The van der Waals surface area contributed by atoms with E-state index in [2.05, 4.69) is 9.80 Å². The van der Waals surface area contributed by atoms with Crippen LogP contribution in [-0.2, 0) is 11.3 Å². The van der Waals surface area contributed by atoms with E-state index >= 15 is 0 Å². The highest BCUT2D eigenvalue weighted by Gasteiger charge is 2.30. The van der Waals surface area contributed by atoms with Crippen LogP contribution in [0.15, 0.2) is 24.3 Å². The van der Waals surface area contributed by atoms with Gasteiger partial charge in [0, 0.05) is 44.3 Å². The van der Waals surface area contributed by atoms with Crippen LogP contribution in [0.4, 0.5) is 0 Å². The van der Waals surface area contributed by atoms with Crippen molar-refractivity contribution in [2.75, 3.05) is 26.2 Å². The maximum absolute atomic E-state index is 11.2. The summed E-state index contributed by atoms with van der Waals surface area (Å²) >= 11 is 0. The minimum atomic E-state index is -0.363. The molecule has 3 fully saturated rings. The van der Waals surface area contributed by atoms with Gasteiger partial charge >= 0.3 is 0 Å². The third-order valence-electron chi connectivity index (χ3n) is 6.63. The van der Waals surface area contributed by atoms with Crippen LogP contribution in [0.25, 0.3) is 0 Å². The van der Waals surface area contributed by atoms with Gasteiger partial charge in [0.25, 0.3) is 0 Å². The minimum absolute atomic E-state index is 0.363. The number of primary amides is 1. The average Bonchev–Trinajstić information content (AvgIpc) is 2.64. The fourth-order valence-electron chi connectivity index (χ4n) is 4.64. The molecule has 1 saturated carbocycles. The molecule has 0 spiro atoms. The molecule has 2 heterocycles. The summed E-state index contributed by atoms with van der Waals surface area (Å²) < 4.78 is 6.45. The summed E-state index contributed by atoms with van der Waals surface area (Å²) in [7, 11) is 0. The maximum Gasteiger partial charge on any atom is 0.248 e. The summed E-state index contributed by atoms with van der Waals surface area (Å²) in [6.45, 7) is 5.57. The molecule has 3 aliphatic rings. The summed E-state index contributed by atoms with van der Waals surface area (Å²) in [5.74, 6) is -0.363. The van der Waals surface area contributed by atoms with E-state index in [9.17, 15) is 4.79 Å². The van der Waals surface area contributed by atoms with E-state index in [1.54, 1.807) is 0 Å². The van der Waals surface area contributed by atoms with Crippen LogP contribution in [0.5, 0.6) is 0 Å². The Balaban J connectivity index is 1.16. The lowest BCUT2D eigenvalue weighted by atomic mass is 9.89. The van der Waals surface area contributed by atoms with Gasteiger partial charge in [-0.05, 0) is 56.2 Å². The highest BCUT2D eigenvalue weighted by atomic mass is 16.5. The number of amides is 1. The summed E-state index contributed by atoms with van der Waals surface area (Å²) in [5.41, 5.74) is 7.12. The topological polar surface area (TPSA) is 58.8 Å². The van der Waals surface area contributed by atoms with E-state index in [1.807, 2.05) is 24.3 Å². The second kappa shape index (κ2) is 8.72. The van der Waals surface area contributed by atoms with E-state index in [0.29, 0.717) is 17.8 Å². The molecule has 5 heteroatoms. The quantitative estimate of drug-likeness (QED) is 0.835. The number of piperidine rings is 2. The van der Waals surface area contributed by atoms with E-state index in [0.717, 1.165) is 38.5 Å². The van der Waals surface area contributed by atoms with Crippen LogP contribution in [0.2, 0.25) is 0 Å². The molecule has 0 atom stereocenters. The van der Waals surface area contributed by atoms with Crippen molar-refractivity contribution in [2.45, 2.75) is 69.7 Å². The lowest BCUT2D eigenvalue weighted by Crippen LogP contribution is -2.47. The molecule has 2 N–H and O–H groups in total. The second-order valence-corrected chi connectivity index (χ2v) is 8.49. The standard InChI is InChI=1S/C22H33N3O2/c23-22(26)18-6-4-17(5-7-18)16-24-12-8-20(9-13-24)27-21-10-14-25(15-11-21)19-2-1-3-19/h4-7,19-21H,1-3,8-16H2,(H2,23,26). The molecule has 1 aromatic carbocycles. The highest BCUT2D eigenvalue weighted by Crippen LogP contribution is 2.29. The molecule has 4 rings (SSSR count). The van der Waals surface area contributed by atoms with Gasteiger partial charge in [-0.25, -0.2) is 0 Å². The SMILES string of the molecule is NC(=O)c1ccc(CN2CCC(OC3CCN(C4CCC4)CC3)CC2)cc1. The first-order valence-corrected chi connectivity index (χ1v) is 10.7. The molecule has 27 heavy (non-hydrogen) atoms. The predicted molar refractivity (Wildman–Crippen MR) is 107 cm³/mol. The van der Waals surface area contributed by atoms with Gasteiger partial charge in [-0.15, -0.1) is 0 Å². The van der Waals surface area contributed by atoms with Crippen LogP contribution in [0.3, 0.4) is 0 Å². The number of hydrogen-bond acceptors (Lipinski definition) is 4. The Morgan fingerprint density at radius 3 is 2.04 bits per heavy atom. The van der Waals surface area contributed by atoms with Crippen LogP contribution in [0, 0.1) is 0 Å². The van der Waals surface area contributed by atoms with E-state index in [4.69, 9.17) is 10.5 Å². The third-order valence-corrected chi connectivity index (χ3v) is 6.63. The van der Waals surface area contributed by atoms with Crippen molar-refractivity contribution in [3.63, 3.8) is 0 Å². The summed E-state index contributed by atoms with van der Waals surface area (Å²) in [5, 5.41) is 0. The molecule has 1 amide bonds. The van der Waals surface area contributed by atoms with Crippen LogP contribution >= 0.6 is 0 Å². The number of nitrogens with two attached hydrogens (primary N) is 1. The number of ether oxygens (including phenoxy) is 1. The first kappa shape index (κ1) is 18.9. The van der Waals surface area contributed by atoms with Crippen molar-refractivity contribution in [3.05, 3.63) is 35.4 Å². The second-order valence-electron chi connectivity index (χ2n) is 8.49. The number of carbonyl (C=O) groups excluding carboxylic acids is 1. The zero-order chi connectivity index (χ0) is 18.6. The smallest absolute Gasteiger partial charge is 0.248 e. The first-order valence-electron chi connectivity index (χ1n) is 10.7. The Bertz CT molecular complexity index is 613. The van der Waals surface area contributed by atoms with Crippen LogP contribution in [-0.4, -0.2) is 60.1 Å². The van der Waals surface area contributed by atoms with Gasteiger partial charge in [0.2, 0.25) is 5.91 Å². The molecule has 148 valence electrons. The highest BCUT2D eigenvalue weighted by molar-refractivity contribution is 5.92. The molecule has 1 aromatic rings. The molecule has 1 aliphatic carbocycles. The number of hydrogen-bond donors (Lipinski definition) is 1. The molecular weight excluding hydrogens is 338 g/mol. The Morgan fingerprint density at radius 2 is 1.52 bits per heavy atom. The Kier molecular flexibility index (Phi) is 6.11. The van der Waals surface area contributed by atoms with Gasteiger partial charge in [-0.2, -0.15) is 0 Å². The molecule has 0 aromatic heterocycles. The largest absolute Gasteiger partial charge is 0.375 e. The van der Waals surface area contributed by atoms with Crippen molar-refractivity contribution in [3.8, 4) is 0 Å². The molecule has 2 aliphatic heterocycles. The summed E-state index contributed by atoms with van der Waals surface area (Å²) in [4.78, 5) is 16.3.